The van der Waals surface area contributed by atoms with Crippen LogP contribution in [0.5, 0.6) is 0 Å². The van der Waals surface area contributed by atoms with Crippen molar-refractivity contribution in [2.45, 2.75) is 83.5 Å². The number of amides is 1. The van der Waals surface area contributed by atoms with Crippen LogP contribution in [0.4, 0.5) is 4.79 Å². The van der Waals surface area contributed by atoms with Crippen LogP contribution in [0.1, 0.15) is 71.5 Å². The largest absolute Gasteiger partial charge is 0.444 e. The summed E-state index contributed by atoms with van der Waals surface area (Å²) in [5.74, 6) is 1.19. The summed E-state index contributed by atoms with van der Waals surface area (Å²) < 4.78 is 10.8. The van der Waals surface area contributed by atoms with E-state index >= 15 is 0 Å². The van der Waals surface area contributed by atoms with Gasteiger partial charge in [-0.15, -0.1) is 0 Å². The molecule has 1 aromatic heterocycles. The number of hydrogen-bond acceptors (Lipinski definition) is 6. The SMILES string of the molecule is C[C@@H]1CCCN1Cc1nc(C2(NC(=O)OC(C)(C)C)CCC2)no1. The Morgan fingerprint density at radius 2 is 2.17 bits per heavy atom. The van der Waals surface area contributed by atoms with E-state index in [1.54, 1.807) is 0 Å². The van der Waals surface area contributed by atoms with E-state index in [1.165, 1.54) is 12.8 Å². The van der Waals surface area contributed by atoms with Crippen molar-refractivity contribution < 1.29 is 14.1 Å². The lowest BCUT2D eigenvalue weighted by Gasteiger charge is -2.39. The molecule has 1 atom stereocenters. The average Bonchev–Trinajstić information content (AvgIpc) is 3.03. The lowest BCUT2D eigenvalue weighted by molar-refractivity contribution is 0.0362. The molecule has 1 amide bonds. The topological polar surface area (TPSA) is 80.5 Å². The highest BCUT2D eigenvalue weighted by molar-refractivity contribution is 5.69. The molecule has 1 saturated carbocycles. The molecule has 134 valence electrons. The van der Waals surface area contributed by atoms with Gasteiger partial charge in [-0.3, -0.25) is 4.90 Å². The Morgan fingerprint density at radius 3 is 2.71 bits per heavy atom. The molecule has 1 saturated heterocycles. The van der Waals surface area contributed by atoms with E-state index in [1.807, 2.05) is 20.8 Å². The number of rotatable bonds is 4. The van der Waals surface area contributed by atoms with Gasteiger partial charge in [0.1, 0.15) is 11.1 Å². The third-order valence-electron chi connectivity index (χ3n) is 4.87. The van der Waals surface area contributed by atoms with Gasteiger partial charge in [-0.25, -0.2) is 4.79 Å². The number of carbonyl (C=O) groups excluding carboxylic acids is 1. The summed E-state index contributed by atoms with van der Waals surface area (Å²) >= 11 is 0. The first-order valence-electron chi connectivity index (χ1n) is 8.86. The van der Waals surface area contributed by atoms with Crippen molar-refractivity contribution in [2.75, 3.05) is 6.54 Å². The molecule has 1 aliphatic carbocycles. The Balaban J connectivity index is 1.66. The number of nitrogens with one attached hydrogen (secondary N) is 1. The number of hydrogen-bond donors (Lipinski definition) is 1. The summed E-state index contributed by atoms with van der Waals surface area (Å²) in [5, 5.41) is 7.10. The van der Waals surface area contributed by atoms with E-state index in [9.17, 15) is 4.79 Å². The molecule has 2 heterocycles. The van der Waals surface area contributed by atoms with Gasteiger partial charge in [0.25, 0.3) is 0 Å². The highest BCUT2D eigenvalue weighted by atomic mass is 16.6. The fourth-order valence-electron chi connectivity index (χ4n) is 3.35. The Labute approximate surface area is 143 Å². The Morgan fingerprint density at radius 1 is 1.42 bits per heavy atom. The van der Waals surface area contributed by atoms with Crippen molar-refractivity contribution in [3.05, 3.63) is 11.7 Å². The van der Waals surface area contributed by atoms with Crippen LogP contribution in [0, 0.1) is 0 Å². The van der Waals surface area contributed by atoms with Crippen LogP contribution in [0.3, 0.4) is 0 Å². The van der Waals surface area contributed by atoms with Gasteiger partial charge in [0.05, 0.1) is 6.54 Å². The number of ether oxygens (including phenoxy) is 1. The van der Waals surface area contributed by atoms with Crippen LogP contribution in [-0.2, 0) is 16.8 Å². The fraction of sp³-hybridized carbons (Fsp3) is 0.824. The number of aromatic nitrogens is 2. The molecule has 24 heavy (non-hydrogen) atoms. The molecule has 7 heteroatoms. The maximum absolute atomic E-state index is 12.1. The smallest absolute Gasteiger partial charge is 0.408 e. The van der Waals surface area contributed by atoms with Gasteiger partial charge in [-0.2, -0.15) is 4.98 Å². The quantitative estimate of drug-likeness (QED) is 0.910. The molecule has 1 aromatic rings. The van der Waals surface area contributed by atoms with Crippen molar-refractivity contribution >= 4 is 6.09 Å². The monoisotopic (exact) mass is 336 g/mol. The molecule has 0 aromatic carbocycles. The normalized spacial score (nSPS) is 23.8. The van der Waals surface area contributed by atoms with E-state index in [0.29, 0.717) is 24.3 Å². The molecule has 2 fully saturated rings. The molecular weight excluding hydrogens is 308 g/mol. The first-order valence-corrected chi connectivity index (χ1v) is 8.86. The molecule has 2 aliphatic rings. The molecule has 0 unspecified atom stereocenters. The van der Waals surface area contributed by atoms with Crippen molar-refractivity contribution in [1.29, 1.82) is 0 Å². The van der Waals surface area contributed by atoms with E-state index in [2.05, 4.69) is 27.3 Å². The van der Waals surface area contributed by atoms with Crippen molar-refractivity contribution in [3.63, 3.8) is 0 Å². The number of carbonyl (C=O) groups is 1. The van der Waals surface area contributed by atoms with Crippen LogP contribution in [-0.4, -0.2) is 39.3 Å². The molecule has 0 bridgehead atoms. The maximum atomic E-state index is 12.1. The molecule has 7 nitrogen and oxygen atoms in total. The summed E-state index contributed by atoms with van der Waals surface area (Å²) in [6.07, 6.45) is 4.65. The molecule has 0 radical (unpaired) electrons. The number of alkyl carbamates (subject to hydrolysis) is 1. The summed E-state index contributed by atoms with van der Waals surface area (Å²) in [6.45, 7) is 9.52. The zero-order valence-electron chi connectivity index (χ0n) is 15.1. The zero-order valence-corrected chi connectivity index (χ0v) is 15.1. The van der Waals surface area contributed by atoms with Gasteiger partial charge < -0.3 is 14.6 Å². The highest BCUT2D eigenvalue weighted by Gasteiger charge is 2.45. The van der Waals surface area contributed by atoms with Crippen LogP contribution in [0.25, 0.3) is 0 Å². The van der Waals surface area contributed by atoms with Gasteiger partial charge in [-0.1, -0.05) is 5.16 Å². The van der Waals surface area contributed by atoms with Gasteiger partial charge in [0.2, 0.25) is 5.89 Å². The maximum Gasteiger partial charge on any atom is 0.408 e. The highest BCUT2D eigenvalue weighted by Crippen LogP contribution is 2.40. The summed E-state index contributed by atoms with van der Waals surface area (Å²) in [7, 11) is 0. The van der Waals surface area contributed by atoms with E-state index in [-0.39, 0.29) is 0 Å². The van der Waals surface area contributed by atoms with Gasteiger partial charge in [-0.05, 0) is 66.3 Å². The predicted octanol–water partition coefficient (Wildman–Crippen LogP) is 2.96. The second kappa shape index (κ2) is 6.35. The molecule has 3 rings (SSSR count). The Bertz CT molecular complexity index is 589. The first-order chi connectivity index (χ1) is 11.3. The second-order valence-electron chi connectivity index (χ2n) is 8.04. The van der Waals surface area contributed by atoms with Crippen molar-refractivity contribution in [2.24, 2.45) is 0 Å². The number of likely N-dealkylation sites (tertiary alicyclic amines) is 1. The van der Waals surface area contributed by atoms with Crippen LogP contribution in [0.2, 0.25) is 0 Å². The standard InChI is InChI=1S/C17H28N4O3/c1-12-7-5-10-21(12)11-13-18-14(20-24-13)17(8-6-9-17)19-15(22)23-16(2,3)4/h12H,5-11H2,1-4H3,(H,19,22)/t12-/m1/s1. The van der Waals surface area contributed by atoms with Crippen LogP contribution >= 0.6 is 0 Å². The molecule has 1 aliphatic heterocycles. The average molecular weight is 336 g/mol. The second-order valence-corrected chi connectivity index (χ2v) is 8.04. The minimum atomic E-state index is -0.541. The first kappa shape index (κ1) is 17.2. The summed E-state index contributed by atoms with van der Waals surface area (Å²) in [5.41, 5.74) is -1.07. The van der Waals surface area contributed by atoms with E-state index in [4.69, 9.17) is 9.26 Å². The van der Waals surface area contributed by atoms with Crippen molar-refractivity contribution in [1.82, 2.24) is 20.4 Å². The zero-order chi connectivity index (χ0) is 17.4. The van der Waals surface area contributed by atoms with Gasteiger partial charge in [0, 0.05) is 6.04 Å². The Kier molecular flexibility index (Phi) is 4.55. The van der Waals surface area contributed by atoms with Crippen molar-refractivity contribution in [3.8, 4) is 0 Å². The minimum absolute atomic E-state index is 0.429. The van der Waals surface area contributed by atoms with Crippen LogP contribution in [0.15, 0.2) is 4.52 Å². The number of nitrogens with zero attached hydrogens (tertiary/aromatic N) is 3. The van der Waals surface area contributed by atoms with E-state index < -0.39 is 17.2 Å². The molecule has 0 spiro atoms. The minimum Gasteiger partial charge on any atom is -0.444 e. The third kappa shape index (κ3) is 3.71. The summed E-state index contributed by atoms with van der Waals surface area (Å²) in [6, 6.07) is 0.554. The molecular formula is C17H28N4O3. The van der Waals surface area contributed by atoms with Gasteiger partial charge >= 0.3 is 6.09 Å². The van der Waals surface area contributed by atoms with Crippen LogP contribution < -0.4 is 5.32 Å². The lowest BCUT2D eigenvalue weighted by atomic mass is 9.76. The fourth-order valence-corrected chi connectivity index (χ4v) is 3.35. The summed E-state index contributed by atoms with van der Waals surface area (Å²) in [4.78, 5) is 19.1. The lowest BCUT2D eigenvalue weighted by Crippen LogP contribution is -2.52. The predicted molar refractivity (Wildman–Crippen MR) is 88.3 cm³/mol. The van der Waals surface area contributed by atoms with Gasteiger partial charge in [0.15, 0.2) is 5.82 Å². The third-order valence-corrected chi connectivity index (χ3v) is 4.87. The Hall–Kier alpha value is -1.63. The molecule has 1 N–H and O–H groups in total. The van der Waals surface area contributed by atoms with E-state index in [0.717, 1.165) is 25.8 Å².